The second-order valence-electron chi connectivity index (χ2n) is 13.5. The minimum absolute atomic E-state index is 0.0758. The molecule has 2 N–H and O–H groups in total. The third-order valence-electron chi connectivity index (χ3n) is 11.4. The van der Waals surface area contributed by atoms with Crippen molar-refractivity contribution in [3.63, 3.8) is 0 Å². The van der Waals surface area contributed by atoms with Gasteiger partial charge in [-0.3, -0.25) is 23.9 Å². The molecular weight excluding hydrogens is 542 g/mol. The van der Waals surface area contributed by atoms with Gasteiger partial charge in [0.15, 0.2) is 5.78 Å². The van der Waals surface area contributed by atoms with Gasteiger partial charge in [0.2, 0.25) is 0 Å². The number of rotatable bonds is 5. The highest BCUT2D eigenvalue weighted by atomic mass is 16.6. The molecule has 12 heteroatoms. The summed E-state index contributed by atoms with van der Waals surface area (Å²) >= 11 is 0. The topological polar surface area (TPSA) is 176 Å². The lowest BCUT2D eigenvalue weighted by Crippen LogP contribution is -2.57. The van der Waals surface area contributed by atoms with Gasteiger partial charge in [0, 0.05) is 29.5 Å². The number of carbonyl (C=O) groups is 2. The number of hydrogen-bond acceptors (Lipinski definition) is 8. The van der Waals surface area contributed by atoms with E-state index in [1.807, 2.05) is 6.08 Å². The lowest BCUT2D eigenvalue weighted by molar-refractivity contribution is -0.167. The second-order valence-corrected chi connectivity index (χ2v) is 13.5. The van der Waals surface area contributed by atoms with Gasteiger partial charge in [0.25, 0.3) is 5.56 Å². The van der Waals surface area contributed by atoms with Gasteiger partial charge >= 0.3 is 11.7 Å². The molecule has 1 aromatic rings. The Morgan fingerprint density at radius 1 is 1.26 bits per heavy atom. The van der Waals surface area contributed by atoms with Crippen molar-refractivity contribution in [3.05, 3.63) is 54.7 Å². The maximum atomic E-state index is 13.6. The zero-order valence-corrected chi connectivity index (χ0v) is 24.3. The van der Waals surface area contributed by atoms with Gasteiger partial charge in [-0.25, -0.2) is 4.79 Å². The van der Waals surface area contributed by atoms with Crippen molar-refractivity contribution in [2.75, 3.05) is 6.61 Å². The highest BCUT2D eigenvalue weighted by molar-refractivity contribution is 5.91. The fourth-order valence-electron chi connectivity index (χ4n) is 9.36. The fraction of sp³-hybridized carbons (Fsp3) is 0.733. The van der Waals surface area contributed by atoms with E-state index < -0.39 is 41.1 Å². The normalized spacial score (nSPS) is 40.8. The Morgan fingerprint density at radius 3 is 2.81 bits per heavy atom. The van der Waals surface area contributed by atoms with E-state index in [-0.39, 0.29) is 53.9 Å². The molecule has 10 atom stereocenters. The van der Waals surface area contributed by atoms with Gasteiger partial charge in [0.1, 0.15) is 18.9 Å². The van der Waals surface area contributed by atoms with Crippen molar-refractivity contribution in [2.45, 2.75) is 96.6 Å². The van der Waals surface area contributed by atoms with E-state index in [4.69, 9.17) is 15.0 Å². The number of nitrogens with zero attached hydrogens (tertiary/aromatic N) is 4. The van der Waals surface area contributed by atoms with Crippen molar-refractivity contribution < 1.29 is 24.2 Å². The van der Waals surface area contributed by atoms with Gasteiger partial charge < -0.3 is 14.6 Å². The first kappa shape index (κ1) is 28.9. The summed E-state index contributed by atoms with van der Waals surface area (Å²) in [4.78, 5) is 55.1. The molecule has 1 aliphatic heterocycles. The van der Waals surface area contributed by atoms with Crippen LogP contribution >= 0.6 is 0 Å². The van der Waals surface area contributed by atoms with Crippen LogP contribution in [0.3, 0.4) is 0 Å². The molecule has 5 aliphatic rings. The van der Waals surface area contributed by atoms with Crippen LogP contribution in [-0.4, -0.2) is 51.3 Å². The summed E-state index contributed by atoms with van der Waals surface area (Å²) in [6, 6.07) is -0.663. The van der Waals surface area contributed by atoms with Crippen LogP contribution < -0.4 is 11.2 Å². The number of aliphatic hydroxyl groups is 1. The van der Waals surface area contributed by atoms with E-state index in [0.717, 1.165) is 25.7 Å². The second kappa shape index (κ2) is 10.5. The number of allylic oxidation sites excluding steroid dienone is 1. The quantitative estimate of drug-likeness (QED) is 0.231. The van der Waals surface area contributed by atoms with Crippen LogP contribution in [0.15, 0.2) is 32.5 Å². The number of fused-ring (bicyclic) bond motifs is 5. The molecular formula is C30H39N5O7. The van der Waals surface area contributed by atoms with E-state index in [9.17, 15) is 24.3 Å². The van der Waals surface area contributed by atoms with Crippen LogP contribution in [0.1, 0.15) is 77.0 Å². The van der Waals surface area contributed by atoms with Gasteiger partial charge in [0.05, 0.1) is 18.1 Å². The highest BCUT2D eigenvalue weighted by Crippen LogP contribution is 2.66. The first-order valence-electron chi connectivity index (χ1n) is 15.1. The zero-order valence-electron chi connectivity index (χ0n) is 24.3. The lowest BCUT2D eigenvalue weighted by atomic mass is 9.46. The molecule has 9 unspecified atom stereocenters. The van der Waals surface area contributed by atoms with Crippen molar-refractivity contribution in [1.29, 1.82) is 0 Å². The predicted molar refractivity (Wildman–Crippen MR) is 150 cm³/mol. The molecule has 0 aromatic carbocycles. The molecule has 1 aromatic heterocycles. The van der Waals surface area contributed by atoms with Crippen LogP contribution in [0.5, 0.6) is 0 Å². The Bertz CT molecular complexity index is 1490. The first-order chi connectivity index (χ1) is 20.0. The van der Waals surface area contributed by atoms with E-state index in [2.05, 4.69) is 28.9 Å². The monoisotopic (exact) mass is 581 g/mol. The molecule has 0 bridgehead atoms. The molecule has 1 saturated heterocycles. The summed E-state index contributed by atoms with van der Waals surface area (Å²) in [6.45, 7) is 5.77. The van der Waals surface area contributed by atoms with Gasteiger partial charge in [-0.1, -0.05) is 24.5 Å². The Labute approximate surface area is 243 Å². The average Bonchev–Trinajstić information content (AvgIpc) is 3.50. The van der Waals surface area contributed by atoms with Gasteiger partial charge in [-0.15, -0.1) is 0 Å². The number of aromatic nitrogens is 2. The summed E-state index contributed by atoms with van der Waals surface area (Å²) in [5.41, 5.74) is 8.91. The van der Waals surface area contributed by atoms with Crippen molar-refractivity contribution >= 4 is 11.8 Å². The molecule has 226 valence electrons. The van der Waals surface area contributed by atoms with E-state index in [1.54, 1.807) is 6.92 Å². The minimum atomic E-state index is -0.784. The molecule has 2 heterocycles. The largest absolute Gasteiger partial charge is 0.463 e. The number of carbonyl (C=O) groups excluding carboxylic acids is 2. The Kier molecular flexibility index (Phi) is 7.22. The number of nitrogens with one attached hydrogen (secondary N) is 1. The molecule has 4 fully saturated rings. The van der Waals surface area contributed by atoms with E-state index >= 15 is 0 Å². The Hall–Kier alpha value is -3.21. The predicted octanol–water partition coefficient (Wildman–Crippen LogP) is 3.47. The van der Waals surface area contributed by atoms with Crippen molar-refractivity contribution in [3.8, 4) is 0 Å². The molecule has 12 nitrogen and oxygen atoms in total. The van der Waals surface area contributed by atoms with Gasteiger partial charge in [-0.05, 0) is 85.6 Å². The highest BCUT2D eigenvalue weighted by Gasteiger charge is 2.63. The van der Waals surface area contributed by atoms with E-state index in [1.165, 1.54) is 16.3 Å². The summed E-state index contributed by atoms with van der Waals surface area (Å²) in [6.07, 6.45) is 6.43. The summed E-state index contributed by atoms with van der Waals surface area (Å²) in [5.74, 6) is 0.0838. The number of H-pyrrole nitrogens is 1. The van der Waals surface area contributed by atoms with Gasteiger partial charge in [-0.2, -0.15) is 0 Å². The SMILES string of the molecule is Cc1cn(C2CC(N=[N+]=[N-])C(COC(=O)[C@H]3CCC4C5CCC6=CC(=O)CCC6(C)C5C(O)CC43C)O2)c(=O)[nH]c1=O. The molecule has 6 rings (SSSR count). The maximum Gasteiger partial charge on any atom is 0.330 e. The summed E-state index contributed by atoms with van der Waals surface area (Å²) < 4.78 is 13.1. The number of ether oxygens (including phenoxy) is 2. The number of azide groups is 1. The van der Waals surface area contributed by atoms with Crippen LogP contribution in [0, 0.1) is 41.4 Å². The average molecular weight is 582 g/mol. The molecule has 4 aliphatic carbocycles. The number of aryl methyl sites for hydroxylation is 1. The molecule has 42 heavy (non-hydrogen) atoms. The number of esters is 1. The third-order valence-corrected chi connectivity index (χ3v) is 11.4. The zero-order chi connectivity index (χ0) is 30.0. The number of aliphatic hydroxyl groups excluding tert-OH is 1. The Morgan fingerprint density at radius 2 is 2.05 bits per heavy atom. The standard InChI is InChI=1S/C30H39N5O7/c1-15-13-35(28(40)32-26(15)38)24-11-21(33-34-31)23(42-24)14-41-27(39)20-7-6-19-18-5-4-16-10-17(36)8-9-29(16,2)25(18)22(37)12-30(19,20)3/h10,13,18-25,37H,4-9,11-12,14H2,1-3H3,(H,32,38,40)/t18?,19?,20-,21?,22?,23?,24?,25?,29?,30?/m1/s1. The smallest absolute Gasteiger partial charge is 0.330 e. The minimum Gasteiger partial charge on any atom is -0.463 e. The third kappa shape index (κ3) is 4.55. The molecule has 0 spiro atoms. The number of hydrogen-bond donors (Lipinski definition) is 2. The first-order valence-corrected chi connectivity index (χ1v) is 15.1. The maximum absolute atomic E-state index is 13.6. The van der Waals surface area contributed by atoms with Crippen LogP contribution in [0.4, 0.5) is 0 Å². The molecule has 0 radical (unpaired) electrons. The lowest BCUT2D eigenvalue weighted by Gasteiger charge is -2.59. The van der Waals surface area contributed by atoms with Crippen LogP contribution in [0.25, 0.3) is 10.4 Å². The van der Waals surface area contributed by atoms with Crippen molar-refractivity contribution in [2.24, 2.45) is 39.6 Å². The van der Waals surface area contributed by atoms with Crippen LogP contribution in [0.2, 0.25) is 0 Å². The van der Waals surface area contributed by atoms with Crippen molar-refractivity contribution in [1.82, 2.24) is 9.55 Å². The summed E-state index contributed by atoms with van der Waals surface area (Å²) in [7, 11) is 0. The fourth-order valence-corrected chi connectivity index (χ4v) is 9.36. The number of aromatic amines is 1. The molecule has 0 amide bonds. The Balaban J connectivity index is 1.16. The van der Waals surface area contributed by atoms with E-state index in [0.29, 0.717) is 24.8 Å². The number of ketones is 1. The van der Waals surface area contributed by atoms with Crippen LogP contribution in [-0.2, 0) is 19.1 Å². The summed E-state index contributed by atoms with van der Waals surface area (Å²) in [5, 5.41) is 15.4. The molecule has 3 saturated carbocycles.